The number of benzene rings is 4. The molecule has 0 atom stereocenters. The van der Waals surface area contributed by atoms with Crippen molar-refractivity contribution in [3.05, 3.63) is 113 Å². The van der Waals surface area contributed by atoms with Gasteiger partial charge in [-0.3, -0.25) is 4.79 Å². The van der Waals surface area contributed by atoms with E-state index in [0.717, 1.165) is 50.5 Å². The molecule has 0 bridgehead atoms. The van der Waals surface area contributed by atoms with Crippen LogP contribution in [0.15, 0.2) is 91.0 Å². The Balaban J connectivity index is 1.53. The molecular formula is C32H25N3O4S. The van der Waals surface area contributed by atoms with E-state index < -0.39 is 5.97 Å². The summed E-state index contributed by atoms with van der Waals surface area (Å²) in [7, 11) is 0. The highest BCUT2D eigenvalue weighted by atomic mass is 32.1. The largest absolute Gasteiger partial charge is 0.489 e. The monoisotopic (exact) mass is 547 g/mol. The fraction of sp³-hybridized carbons (Fsp3) is 0.125. The van der Waals surface area contributed by atoms with E-state index >= 15 is 0 Å². The van der Waals surface area contributed by atoms with E-state index in [9.17, 15) is 9.59 Å². The van der Waals surface area contributed by atoms with Gasteiger partial charge in [-0.25, -0.2) is 4.79 Å². The minimum Gasteiger partial charge on any atom is -0.489 e. The summed E-state index contributed by atoms with van der Waals surface area (Å²) < 4.78 is 22.4. The third-order valence-electron chi connectivity index (χ3n) is 6.75. The Labute approximate surface area is 234 Å². The number of hydrogen-bond acceptors (Lipinski definition) is 7. The van der Waals surface area contributed by atoms with Gasteiger partial charge < -0.3 is 14.0 Å². The molecule has 7 nitrogen and oxygen atoms in total. The van der Waals surface area contributed by atoms with Crippen LogP contribution in [0.4, 0.5) is 0 Å². The lowest BCUT2D eigenvalue weighted by molar-refractivity contribution is 0.0516. The lowest BCUT2D eigenvalue weighted by Gasteiger charge is -2.13. The molecule has 0 spiro atoms. The second-order valence-corrected chi connectivity index (χ2v) is 9.84. The van der Waals surface area contributed by atoms with Crippen molar-refractivity contribution in [3.63, 3.8) is 0 Å². The van der Waals surface area contributed by atoms with Gasteiger partial charge in [0.2, 0.25) is 0 Å². The van der Waals surface area contributed by atoms with Gasteiger partial charge >= 0.3 is 5.97 Å². The predicted octanol–water partition coefficient (Wildman–Crippen LogP) is 6.93. The number of rotatable bonds is 9. The summed E-state index contributed by atoms with van der Waals surface area (Å²) in [5, 5.41) is 0.880. The van der Waals surface area contributed by atoms with Crippen LogP contribution in [0.1, 0.15) is 38.9 Å². The second kappa shape index (κ2) is 11.1. The van der Waals surface area contributed by atoms with Crippen LogP contribution in [0.2, 0.25) is 0 Å². The maximum Gasteiger partial charge on any atom is 0.355 e. The summed E-state index contributed by atoms with van der Waals surface area (Å²) in [4.78, 5) is 24.9. The predicted molar refractivity (Wildman–Crippen MR) is 156 cm³/mol. The zero-order valence-electron chi connectivity index (χ0n) is 21.7. The first-order valence-electron chi connectivity index (χ1n) is 12.9. The molecule has 0 amide bonds. The number of hydrogen-bond donors (Lipinski definition) is 0. The van der Waals surface area contributed by atoms with E-state index in [0.29, 0.717) is 30.2 Å². The van der Waals surface area contributed by atoms with Gasteiger partial charge in [0.1, 0.15) is 35.4 Å². The number of aromatic nitrogens is 3. The number of carbonyl (C=O) groups is 2. The van der Waals surface area contributed by atoms with Crippen molar-refractivity contribution >= 4 is 45.9 Å². The van der Waals surface area contributed by atoms with Gasteiger partial charge in [0.15, 0.2) is 0 Å². The minimum absolute atomic E-state index is 0.242. The molecule has 0 aliphatic heterocycles. The summed E-state index contributed by atoms with van der Waals surface area (Å²) in [6.45, 7) is 2.87. The van der Waals surface area contributed by atoms with Crippen LogP contribution in [-0.2, 0) is 17.9 Å². The van der Waals surface area contributed by atoms with Crippen molar-refractivity contribution in [3.8, 4) is 16.9 Å². The summed E-state index contributed by atoms with van der Waals surface area (Å²) >= 11 is 1.17. The molecule has 0 saturated heterocycles. The van der Waals surface area contributed by atoms with Gasteiger partial charge in [-0.15, -0.1) is 0 Å². The maximum atomic E-state index is 13.6. The molecule has 0 unspecified atom stereocenters. The quantitative estimate of drug-likeness (QED) is 0.144. The van der Waals surface area contributed by atoms with Crippen molar-refractivity contribution in [2.45, 2.75) is 20.1 Å². The SMILES string of the molecule is CCOC(=O)c1c(-c2ccc(C=O)cc2)c2ccc(OCc3ccccc3)cc2n1Cc1ccc2nsnc2c1. The summed E-state index contributed by atoms with van der Waals surface area (Å²) in [6, 6.07) is 29.0. The van der Waals surface area contributed by atoms with Crippen LogP contribution in [-0.4, -0.2) is 32.2 Å². The topological polar surface area (TPSA) is 83.3 Å². The van der Waals surface area contributed by atoms with Crippen LogP contribution in [0, 0.1) is 0 Å². The van der Waals surface area contributed by atoms with Crippen molar-refractivity contribution < 1.29 is 19.1 Å². The second-order valence-electron chi connectivity index (χ2n) is 9.31. The molecule has 0 fully saturated rings. The number of carbonyl (C=O) groups excluding carboxylic acids is 2. The molecule has 0 aliphatic rings. The average molecular weight is 548 g/mol. The third-order valence-corrected chi connectivity index (χ3v) is 7.30. The minimum atomic E-state index is -0.420. The molecule has 8 heteroatoms. The molecule has 0 N–H and O–H groups in total. The molecule has 2 aromatic heterocycles. The Bertz CT molecular complexity index is 1820. The van der Waals surface area contributed by atoms with Crippen molar-refractivity contribution in [1.29, 1.82) is 0 Å². The fourth-order valence-electron chi connectivity index (χ4n) is 4.86. The first-order chi connectivity index (χ1) is 19.6. The molecular weight excluding hydrogens is 522 g/mol. The number of aldehydes is 1. The molecule has 6 rings (SSSR count). The zero-order chi connectivity index (χ0) is 27.5. The number of ether oxygens (including phenoxy) is 2. The Morgan fingerprint density at radius 1 is 0.900 bits per heavy atom. The summed E-state index contributed by atoms with van der Waals surface area (Å²) in [6.07, 6.45) is 0.805. The molecule has 0 aliphatic carbocycles. The molecule has 6 aromatic rings. The van der Waals surface area contributed by atoms with Crippen LogP contribution in [0.5, 0.6) is 5.75 Å². The zero-order valence-corrected chi connectivity index (χ0v) is 22.6. The highest BCUT2D eigenvalue weighted by Gasteiger charge is 2.26. The maximum absolute atomic E-state index is 13.6. The lowest BCUT2D eigenvalue weighted by atomic mass is 10.0. The van der Waals surface area contributed by atoms with Gasteiger partial charge in [0.25, 0.3) is 0 Å². The van der Waals surface area contributed by atoms with Crippen LogP contribution < -0.4 is 4.74 Å². The van der Waals surface area contributed by atoms with E-state index in [1.165, 1.54) is 11.7 Å². The first kappa shape index (κ1) is 25.5. The number of esters is 1. The lowest BCUT2D eigenvalue weighted by Crippen LogP contribution is -2.14. The van der Waals surface area contributed by atoms with Crippen molar-refractivity contribution in [2.75, 3.05) is 6.61 Å². The van der Waals surface area contributed by atoms with E-state index in [4.69, 9.17) is 9.47 Å². The number of fused-ring (bicyclic) bond motifs is 2. The molecule has 2 heterocycles. The Kier molecular flexibility index (Phi) is 7.08. The van der Waals surface area contributed by atoms with Gasteiger partial charge in [-0.05, 0) is 47.9 Å². The van der Waals surface area contributed by atoms with E-state index in [1.807, 2.05) is 83.4 Å². The normalized spacial score (nSPS) is 11.1. The Morgan fingerprint density at radius 3 is 2.48 bits per heavy atom. The highest BCUT2D eigenvalue weighted by molar-refractivity contribution is 7.00. The summed E-state index contributed by atoms with van der Waals surface area (Å²) in [5.41, 5.74) is 7.08. The Hall–Kier alpha value is -4.82. The molecule has 0 radical (unpaired) electrons. The molecule has 0 saturated carbocycles. The smallest absolute Gasteiger partial charge is 0.355 e. The van der Waals surface area contributed by atoms with Gasteiger partial charge in [-0.2, -0.15) is 8.75 Å². The fourth-order valence-corrected chi connectivity index (χ4v) is 5.38. The van der Waals surface area contributed by atoms with E-state index in [2.05, 4.69) is 8.75 Å². The summed E-state index contributed by atoms with van der Waals surface area (Å²) in [5.74, 6) is 0.267. The molecule has 198 valence electrons. The van der Waals surface area contributed by atoms with Gasteiger partial charge in [0, 0.05) is 29.1 Å². The van der Waals surface area contributed by atoms with Crippen molar-refractivity contribution in [1.82, 2.24) is 13.3 Å². The highest BCUT2D eigenvalue weighted by Crippen LogP contribution is 2.38. The van der Waals surface area contributed by atoms with Crippen molar-refractivity contribution in [2.24, 2.45) is 0 Å². The van der Waals surface area contributed by atoms with Crippen LogP contribution in [0.3, 0.4) is 0 Å². The third kappa shape index (κ3) is 4.97. The number of nitrogens with zero attached hydrogens (tertiary/aromatic N) is 3. The van der Waals surface area contributed by atoms with E-state index in [-0.39, 0.29) is 6.61 Å². The average Bonchev–Trinajstić information content (AvgIpc) is 3.59. The molecule has 4 aromatic carbocycles. The van der Waals surface area contributed by atoms with Gasteiger partial charge in [0.05, 0.1) is 23.9 Å². The first-order valence-corrected chi connectivity index (χ1v) is 13.6. The van der Waals surface area contributed by atoms with Crippen LogP contribution in [0.25, 0.3) is 33.1 Å². The molecule has 40 heavy (non-hydrogen) atoms. The van der Waals surface area contributed by atoms with Crippen LogP contribution >= 0.6 is 11.7 Å². The van der Waals surface area contributed by atoms with E-state index in [1.54, 1.807) is 19.1 Å². The van der Waals surface area contributed by atoms with Gasteiger partial charge in [-0.1, -0.05) is 60.7 Å². The Morgan fingerprint density at radius 2 is 1.70 bits per heavy atom. The standard InChI is InChI=1S/C32H25N3O4S/c1-2-38-32(37)31-30(24-11-8-21(19-36)9-12-24)26-14-13-25(39-20-22-6-4-3-5-7-22)17-29(26)35(31)18-23-10-15-27-28(16-23)34-40-33-27/h3-17,19H,2,18,20H2,1H3.